The fourth-order valence-electron chi connectivity index (χ4n) is 2.27. The number of unbranched alkanes of at least 4 members (excludes halogenated alkanes) is 9. The Hall–Kier alpha value is -0.970. The van der Waals surface area contributed by atoms with E-state index >= 15 is 0 Å². The van der Waals surface area contributed by atoms with Crippen LogP contribution in [0.2, 0.25) is 0 Å². The molecule has 0 fully saturated rings. The van der Waals surface area contributed by atoms with Crippen molar-refractivity contribution >= 4 is 15.7 Å². The van der Waals surface area contributed by atoms with Crippen molar-refractivity contribution in [3.63, 3.8) is 0 Å². The Morgan fingerprint density at radius 1 is 0.542 bits per heavy atom. The highest BCUT2D eigenvalue weighted by Gasteiger charge is 1.94. The number of hydrogen-bond acceptors (Lipinski definition) is 4. The van der Waals surface area contributed by atoms with E-state index in [1.165, 1.54) is 89.2 Å². The fraction of sp³-hybridized carbons (Fsp3) is 0.889. The molecule has 0 atom stereocenters. The zero-order valence-electron chi connectivity index (χ0n) is 16.4. The summed E-state index contributed by atoms with van der Waals surface area (Å²) in [4.78, 5) is 4.57. The van der Waals surface area contributed by atoms with Gasteiger partial charge in [-0.2, -0.15) is 0 Å². The van der Waals surface area contributed by atoms with E-state index in [0.717, 1.165) is 0 Å². The van der Waals surface area contributed by atoms with Gasteiger partial charge in [-0.05, 0) is 66.1 Å². The Balaban J connectivity index is -0.000000635. The van der Waals surface area contributed by atoms with Crippen LogP contribution in [-0.4, -0.2) is 66.8 Å². The Kier molecular flexibility index (Phi) is 31.2. The average Bonchev–Trinajstić information content (AvgIpc) is 2.49. The van der Waals surface area contributed by atoms with Crippen molar-refractivity contribution in [1.82, 2.24) is 9.80 Å². The third kappa shape index (κ3) is 42.9. The minimum Gasteiger partial charge on any atom is -0.309 e. The third-order valence-corrected chi connectivity index (χ3v) is 3.46. The van der Waals surface area contributed by atoms with E-state index < -0.39 is 0 Å². The van der Waals surface area contributed by atoms with Crippen molar-refractivity contribution in [2.24, 2.45) is 0 Å². The summed E-state index contributed by atoms with van der Waals surface area (Å²) >= 11 is 0. The Labute approximate surface area is 154 Å². The number of nitrogens with zero attached hydrogens (tertiary/aromatic N) is 4. The van der Waals surface area contributed by atoms with Crippen LogP contribution in [-0.2, 0) is 0 Å². The average molecular weight is 330 g/mol. The highest BCUT2D eigenvalue weighted by Crippen LogP contribution is 2.10. The van der Waals surface area contributed by atoms with Crippen molar-refractivity contribution in [1.29, 1.82) is 10.5 Å². The van der Waals surface area contributed by atoms with Gasteiger partial charge in [-0.25, -0.2) is 10.5 Å². The number of nitriles is 2. The quantitative estimate of drug-likeness (QED) is 0.384. The van der Waals surface area contributed by atoms with Gasteiger partial charge in [0.1, 0.15) is 0 Å². The molecule has 0 saturated heterocycles. The Bertz CT molecular complexity index is 266. The summed E-state index contributed by atoms with van der Waals surface area (Å²) < 4.78 is 0. The van der Waals surface area contributed by atoms with Gasteiger partial charge in [0.2, 0.25) is 15.7 Å². The molecule has 0 spiro atoms. The summed E-state index contributed by atoms with van der Waals surface area (Å²) in [5, 5.41) is 14.2. The molecule has 134 valence electrons. The van der Waals surface area contributed by atoms with E-state index in [0.29, 0.717) is 0 Å². The zero-order valence-corrected chi connectivity index (χ0v) is 16.4. The molecule has 0 unspecified atom stereocenters. The predicted molar refractivity (Wildman–Crippen MR) is 106 cm³/mol. The molecule has 0 bridgehead atoms. The second-order valence-corrected chi connectivity index (χ2v) is 6.40. The lowest BCUT2D eigenvalue weighted by Gasteiger charge is -2.09. The van der Waals surface area contributed by atoms with Gasteiger partial charge in [0.15, 0.2) is 0 Å². The second-order valence-electron chi connectivity index (χ2n) is 6.40. The molecule has 4 radical (unpaired) electrons. The smallest absolute Gasteiger partial charge is 0.229 e. The van der Waals surface area contributed by atoms with Crippen molar-refractivity contribution < 1.29 is 0 Å². The Morgan fingerprint density at radius 2 is 0.708 bits per heavy atom. The molecule has 0 aliphatic heterocycles. The summed E-state index contributed by atoms with van der Waals surface area (Å²) in [6.45, 7) is 2.51. The van der Waals surface area contributed by atoms with Crippen LogP contribution in [0, 0.1) is 22.5 Å². The molecular weight excluding hydrogens is 294 g/mol. The molecule has 0 aromatic rings. The van der Waals surface area contributed by atoms with Crippen LogP contribution < -0.4 is 0 Å². The van der Waals surface area contributed by atoms with Gasteiger partial charge in [0, 0.05) is 0 Å². The lowest BCUT2D eigenvalue weighted by Crippen LogP contribution is -2.12. The molecule has 0 saturated carbocycles. The summed E-state index contributed by atoms with van der Waals surface area (Å²) in [6, 6.07) is 0. The predicted octanol–water partition coefficient (Wildman–Crippen LogP) is 3.28. The van der Waals surface area contributed by atoms with E-state index in [9.17, 15) is 0 Å². The van der Waals surface area contributed by atoms with Crippen LogP contribution in [0.3, 0.4) is 0 Å². The van der Waals surface area contributed by atoms with E-state index in [4.69, 9.17) is 10.5 Å². The van der Waals surface area contributed by atoms with Gasteiger partial charge in [0.25, 0.3) is 0 Å². The first-order valence-corrected chi connectivity index (χ1v) is 8.95. The number of hydrogen-bond donors (Lipinski definition) is 0. The van der Waals surface area contributed by atoms with E-state index in [1.54, 1.807) is 0 Å². The number of rotatable bonds is 13. The topological polar surface area (TPSA) is 54.1 Å². The van der Waals surface area contributed by atoms with Crippen LogP contribution in [0.4, 0.5) is 0 Å². The van der Waals surface area contributed by atoms with Crippen molar-refractivity contribution in [2.75, 3.05) is 41.3 Å². The molecule has 0 amide bonds. The molecule has 0 aromatic carbocycles. The third-order valence-electron chi connectivity index (χ3n) is 3.46. The van der Waals surface area contributed by atoms with Crippen molar-refractivity contribution in [3.8, 4) is 11.9 Å². The van der Waals surface area contributed by atoms with Crippen molar-refractivity contribution in [2.45, 2.75) is 64.2 Å². The molecular formula is C18H36B2N4. The molecule has 0 rings (SSSR count). The largest absolute Gasteiger partial charge is 0.309 e. The monoisotopic (exact) mass is 330 g/mol. The van der Waals surface area contributed by atoms with E-state index in [-0.39, 0.29) is 0 Å². The highest BCUT2D eigenvalue weighted by atomic mass is 15.0. The molecule has 0 aromatic heterocycles. The minimum absolute atomic E-state index is 1.25. The van der Waals surface area contributed by atoms with Crippen LogP contribution >= 0.6 is 0 Å². The van der Waals surface area contributed by atoms with Gasteiger partial charge < -0.3 is 9.80 Å². The molecule has 0 aliphatic carbocycles. The maximum atomic E-state index is 7.10. The first-order chi connectivity index (χ1) is 11.5. The summed E-state index contributed by atoms with van der Waals surface area (Å²) in [6.07, 6.45) is 14.3. The van der Waals surface area contributed by atoms with Gasteiger partial charge in [-0.15, -0.1) is 0 Å². The molecule has 6 heteroatoms. The van der Waals surface area contributed by atoms with Crippen LogP contribution in [0.15, 0.2) is 0 Å². The molecule has 4 nitrogen and oxygen atoms in total. The second kappa shape index (κ2) is 26.9. The minimum atomic E-state index is 1.25. The van der Waals surface area contributed by atoms with Crippen molar-refractivity contribution in [3.05, 3.63) is 0 Å². The summed E-state index contributed by atoms with van der Waals surface area (Å²) in [5.74, 6) is 2.50. The summed E-state index contributed by atoms with van der Waals surface area (Å²) in [5.41, 5.74) is 0. The Morgan fingerprint density at radius 3 is 0.875 bits per heavy atom. The lowest BCUT2D eigenvalue weighted by atomic mass is 10.1. The van der Waals surface area contributed by atoms with Crippen LogP contribution in [0.1, 0.15) is 64.2 Å². The van der Waals surface area contributed by atoms with Gasteiger partial charge in [-0.1, -0.05) is 51.4 Å². The van der Waals surface area contributed by atoms with Gasteiger partial charge in [-0.3, -0.25) is 0 Å². The first kappa shape index (κ1) is 27.9. The molecule has 24 heavy (non-hydrogen) atoms. The normalized spacial score (nSPS) is 9.33. The van der Waals surface area contributed by atoms with E-state index in [2.05, 4.69) is 53.7 Å². The van der Waals surface area contributed by atoms with Gasteiger partial charge in [0.05, 0.1) is 0 Å². The lowest BCUT2D eigenvalue weighted by molar-refractivity contribution is 0.386. The summed E-state index contributed by atoms with van der Waals surface area (Å²) in [7, 11) is 17.0. The fourth-order valence-corrected chi connectivity index (χ4v) is 2.27. The standard InChI is InChI=1S/C16H36N2.2CBN/c1-17(2)15-13-11-9-7-5-6-8-10-12-14-16-18(3)4;2*2-1-3/h5-16H2,1-4H3;;. The van der Waals surface area contributed by atoms with Gasteiger partial charge >= 0.3 is 0 Å². The molecule has 0 heterocycles. The maximum Gasteiger partial charge on any atom is 0.229 e. The van der Waals surface area contributed by atoms with Crippen LogP contribution in [0.25, 0.3) is 0 Å². The zero-order chi connectivity index (χ0) is 19.1. The first-order valence-electron chi connectivity index (χ1n) is 8.95. The van der Waals surface area contributed by atoms with Crippen LogP contribution in [0.5, 0.6) is 0 Å². The molecule has 0 N–H and O–H groups in total. The highest BCUT2D eigenvalue weighted by molar-refractivity contribution is 6.20. The maximum absolute atomic E-state index is 7.10. The SMILES string of the molecule is CN(C)CCCCCCCCCCCCN(C)C.[B]C#N.[B]C#N. The van der Waals surface area contributed by atoms with E-state index in [1.807, 2.05) is 0 Å². The molecule has 0 aliphatic rings.